The zero-order chi connectivity index (χ0) is 21.1. The number of pyridine rings is 1. The minimum Gasteiger partial charge on any atom is -0.362 e. The molecule has 0 radical (unpaired) electrons. The number of nitrogens with one attached hydrogen (secondary N) is 3. The Bertz CT molecular complexity index is 964. The highest BCUT2D eigenvalue weighted by atomic mass is 16.2. The lowest BCUT2D eigenvalue weighted by Crippen LogP contribution is -2.58. The van der Waals surface area contributed by atoms with Crippen molar-refractivity contribution < 1.29 is 14.4 Å². The van der Waals surface area contributed by atoms with Crippen LogP contribution in [0.2, 0.25) is 0 Å². The molecule has 0 bridgehead atoms. The average molecular weight is 407 g/mol. The van der Waals surface area contributed by atoms with E-state index in [2.05, 4.69) is 20.9 Å². The van der Waals surface area contributed by atoms with Crippen LogP contribution in [0.25, 0.3) is 0 Å². The van der Waals surface area contributed by atoms with Gasteiger partial charge in [0.05, 0.1) is 5.56 Å². The lowest BCUT2D eigenvalue weighted by molar-refractivity contribution is -0.139. The van der Waals surface area contributed by atoms with Crippen LogP contribution in [0.4, 0.5) is 5.69 Å². The van der Waals surface area contributed by atoms with Crippen molar-refractivity contribution in [1.29, 1.82) is 0 Å². The summed E-state index contributed by atoms with van der Waals surface area (Å²) in [7, 11) is 0. The average Bonchev–Trinajstić information content (AvgIpc) is 2.91. The fraction of sp³-hybridized carbons (Fsp3) is 0.364. The minimum atomic E-state index is -0.691. The Labute approximate surface area is 175 Å². The second-order valence-electron chi connectivity index (χ2n) is 7.79. The lowest BCUT2D eigenvalue weighted by atomic mass is 9.95. The molecule has 4 rings (SSSR count). The Morgan fingerprint density at radius 3 is 2.73 bits per heavy atom. The molecule has 1 aromatic heterocycles. The Hall–Kier alpha value is -3.42. The van der Waals surface area contributed by atoms with E-state index in [1.54, 1.807) is 30.3 Å². The monoisotopic (exact) mass is 407 g/mol. The van der Waals surface area contributed by atoms with E-state index in [4.69, 9.17) is 0 Å². The number of anilines is 1. The molecule has 30 heavy (non-hydrogen) atoms. The van der Waals surface area contributed by atoms with Gasteiger partial charge in [-0.15, -0.1) is 0 Å². The van der Waals surface area contributed by atoms with Gasteiger partial charge in [0.15, 0.2) is 0 Å². The van der Waals surface area contributed by atoms with Crippen LogP contribution in [0.1, 0.15) is 42.1 Å². The Morgan fingerprint density at radius 2 is 1.93 bits per heavy atom. The quantitative estimate of drug-likeness (QED) is 0.715. The summed E-state index contributed by atoms with van der Waals surface area (Å²) in [5, 5.41) is 9.35. The SMILES string of the molecule is C[C@@H](C(=O)NCc1ccncc1)N1CC[C@@]2(CCC1=O)NC(=O)c1ccccc1N2. The van der Waals surface area contributed by atoms with E-state index in [-0.39, 0.29) is 24.1 Å². The maximum absolute atomic E-state index is 12.8. The first-order valence-electron chi connectivity index (χ1n) is 10.1. The third-order valence-electron chi connectivity index (χ3n) is 5.83. The summed E-state index contributed by atoms with van der Waals surface area (Å²) in [6.45, 7) is 2.49. The van der Waals surface area contributed by atoms with E-state index < -0.39 is 11.7 Å². The smallest absolute Gasteiger partial charge is 0.255 e. The van der Waals surface area contributed by atoms with Gasteiger partial charge in [-0.2, -0.15) is 0 Å². The van der Waals surface area contributed by atoms with Crippen molar-refractivity contribution in [2.45, 2.75) is 44.4 Å². The van der Waals surface area contributed by atoms with Gasteiger partial charge in [-0.05, 0) is 43.2 Å². The number of carbonyl (C=O) groups is 3. The van der Waals surface area contributed by atoms with Crippen molar-refractivity contribution in [1.82, 2.24) is 20.5 Å². The Kier molecular flexibility index (Phi) is 5.39. The van der Waals surface area contributed by atoms with E-state index in [0.717, 1.165) is 11.3 Å². The van der Waals surface area contributed by atoms with Gasteiger partial charge < -0.3 is 20.9 Å². The first-order chi connectivity index (χ1) is 14.5. The van der Waals surface area contributed by atoms with Crippen LogP contribution in [0, 0.1) is 0 Å². The van der Waals surface area contributed by atoms with Crippen molar-refractivity contribution in [3.05, 3.63) is 59.9 Å². The molecule has 3 amide bonds. The molecule has 2 aliphatic rings. The van der Waals surface area contributed by atoms with E-state index in [9.17, 15) is 14.4 Å². The zero-order valence-corrected chi connectivity index (χ0v) is 16.9. The number of hydrogen-bond acceptors (Lipinski definition) is 5. The molecular weight excluding hydrogens is 382 g/mol. The molecule has 1 aromatic carbocycles. The summed E-state index contributed by atoms with van der Waals surface area (Å²) >= 11 is 0. The number of benzene rings is 1. The lowest BCUT2D eigenvalue weighted by Gasteiger charge is -2.40. The van der Waals surface area contributed by atoms with Gasteiger partial charge in [-0.3, -0.25) is 19.4 Å². The van der Waals surface area contributed by atoms with E-state index >= 15 is 0 Å². The maximum atomic E-state index is 12.8. The van der Waals surface area contributed by atoms with E-state index in [1.165, 1.54) is 0 Å². The molecule has 8 heteroatoms. The molecule has 2 aromatic rings. The largest absolute Gasteiger partial charge is 0.362 e. The Morgan fingerprint density at radius 1 is 1.17 bits per heavy atom. The molecule has 1 saturated heterocycles. The second-order valence-corrected chi connectivity index (χ2v) is 7.79. The summed E-state index contributed by atoms with van der Waals surface area (Å²) in [5.74, 6) is -0.441. The predicted molar refractivity (Wildman–Crippen MR) is 111 cm³/mol. The van der Waals surface area contributed by atoms with Gasteiger partial charge in [0.2, 0.25) is 11.8 Å². The van der Waals surface area contributed by atoms with Gasteiger partial charge in [0.25, 0.3) is 5.91 Å². The van der Waals surface area contributed by atoms with Crippen molar-refractivity contribution in [3.8, 4) is 0 Å². The normalized spacial score (nSPS) is 21.8. The zero-order valence-electron chi connectivity index (χ0n) is 16.9. The van der Waals surface area contributed by atoms with Crippen LogP contribution in [0.3, 0.4) is 0 Å². The number of rotatable bonds is 4. The fourth-order valence-corrected chi connectivity index (χ4v) is 4.03. The standard InChI is InChI=1S/C22H25N5O3/c1-15(20(29)24-14-16-7-11-23-12-8-16)27-13-10-22(9-6-19(27)28)25-18-5-3-2-4-17(18)21(30)26-22/h2-5,7-8,11-12,15,25H,6,9-10,13-14H2,1H3,(H,24,29)(H,26,30)/t15-,22+/m0/s1. The van der Waals surface area contributed by atoms with Gasteiger partial charge in [-0.1, -0.05) is 12.1 Å². The van der Waals surface area contributed by atoms with Crippen LogP contribution >= 0.6 is 0 Å². The first-order valence-corrected chi connectivity index (χ1v) is 10.1. The molecule has 156 valence electrons. The van der Waals surface area contributed by atoms with Crippen molar-refractivity contribution in [2.75, 3.05) is 11.9 Å². The highest BCUT2D eigenvalue weighted by Crippen LogP contribution is 2.32. The molecular formula is C22H25N5O3. The third-order valence-corrected chi connectivity index (χ3v) is 5.83. The van der Waals surface area contributed by atoms with Gasteiger partial charge >= 0.3 is 0 Å². The number of likely N-dealkylation sites (tertiary alicyclic amines) is 1. The summed E-state index contributed by atoms with van der Waals surface area (Å²) in [5.41, 5.74) is 1.62. The summed E-state index contributed by atoms with van der Waals surface area (Å²) in [4.78, 5) is 43.6. The highest BCUT2D eigenvalue weighted by Gasteiger charge is 2.41. The summed E-state index contributed by atoms with van der Waals surface area (Å²) in [6.07, 6.45) is 4.57. The van der Waals surface area contributed by atoms with Crippen LogP contribution in [0.15, 0.2) is 48.8 Å². The number of fused-ring (bicyclic) bond motifs is 1. The van der Waals surface area contributed by atoms with E-state index in [0.29, 0.717) is 31.5 Å². The van der Waals surface area contributed by atoms with Crippen LogP contribution in [0.5, 0.6) is 0 Å². The number of carbonyl (C=O) groups excluding carboxylic acids is 3. The third kappa shape index (κ3) is 3.98. The van der Waals surface area contributed by atoms with E-state index in [1.807, 2.05) is 30.3 Å². The molecule has 0 aliphatic carbocycles. The van der Waals surface area contributed by atoms with Crippen molar-refractivity contribution in [3.63, 3.8) is 0 Å². The molecule has 1 spiro atoms. The second kappa shape index (κ2) is 8.14. The maximum Gasteiger partial charge on any atom is 0.255 e. The van der Waals surface area contributed by atoms with Crippen LogP contribution in [-0.4, -0.2) is 45.9 Å². The first kappa shape index (κ1) is 19.9. The fourth-order valence-electron chi connectivity index (χ4n) is 4.03. The molecule has 2 atom stereocenters. The summed E-state index contributed by atoms with van der Waals surface area (Å²) < 4.78 is 0. The van der Waals surface area contributed by atoms with Crippen LogP contribution < -0.4 is 16.0 Å². The molecule has 1 fully saturated rings. The predicted octanol–water partition coefficient (Wildman–Crippen LogP) is 1.65. The molecule has 0 saturated carbocycles. The number of hydrogen-bond donors (Lipinski definition) is 3. The van der Waals surface area contributed by atoms with Gasteiger partial charge in [0, 0.05) is 44.0 Å². The number of amides is 3. The molecule has 8 nitrogen and oxygen atoms in total. The molecule has 0 unspecified atom stereocenters. The molecule has 3 heterocycles. The minimum absolute atomic E-state index is 0.0895. The van der Waals surface area contributed by atoms with Gasteiger partial charge in [-0.25, -0.2) is 0 Å². The Balaban J connectivity index is 1.42. The topological polar surface area (TPSA) is 103 Å². The summed E-state index contributed by atoms with van der Waals surface area (Å²) in [6, 6.07) is 10.4. The molecule has 2 aliphatic heterocycles. The number of para-hydroxylation sites is 1. The van der Waals surface area contributed by atoms with Crippen molar-refractivity contribution in [2.24, 2.45) is 0 Å². The van der Waals surface area contributed by atoms with Crippen LogP contribution in [-0.2, 0) is 16.1 Å². The molecule has 3 N–H and O–H groups in total. The van der Waals surface area contributed by atoms with Gasteiger partial charge in [0.1, 0.15) is 11.7 Å². The number of nitrogens with zero attached hydrogens (tertiary/aromatic N) is 2. The highest BCUT2D eigenvalue weighted by molar-refractivity contribution is 6.02. The number of aromatic nitrogens is 1. The van der Waals surface area contributed by atoms with Crippen molar-refractivity contribution >= 4 is 23.4 Å².